The van der Waals surface area contributed by atoms with Gasteiger partial charge in [0.05, 0.1) is 0 Å². The number of nitrogens with one attached hydrogen (secondary N) is 2. The molecule has 0 saturated heterocycles. The van der Waals surface area contributed by atoms with E-state index >= 15 is 0 Å². The minimum absolute atomic E-state index is 0.136. The Hall–Kier alpha value is -1.84. The molecule has 4 heteroatoms. The quantitative estimate of drug-likeness (QED) is 0.829. The summed E-state index contributed by atoms with van der Waals surface area (Å²) in [5, 5.41) is 5.63. The third-order valence-corrected chi connectivity index (χ3v) is 4.80. The van der Waals surface area contributed by atoms with Crippen molar-refractivity contribution in [3.8, 4) is 0 Å². The number of rotatable bonds is 4. The molecule has 1 aliphatic carbocycles. The van der Waals surface area contributed by atoms with Gasteiger partial charge in [-0.15, -0.1) is 0 Å². The van der Waals surface area contributed by atoms with Crippen LogP contribution in [0, 0.1) is 5.92 Å². The molecule has 4 nitrogen and oxygen atoms in total. The van der Waals surface area contributed by atoms with Crippen molar-refractivity contribution < 1.29 is 9.59 Å². The maximum Gasteiger partial charge on any atom is 0.313 e. The van der Waals surface area contributed by atoms with Crippen LogP contribution in [0.15, 0.2) is 24.3 Å². The number of benzene rings is 1. The lowest BCUT2D eigenvalue weighted by molar-refractivity contribution is -0.136. The fourth-order valence-corrected chi connectivity index (χ4v) is 3.26. The fraction of sp³-hybridized carbons (Fsp3) is 0.579. The van der Waals surface area contributed by atoms with Gasteiger partial charge in [0.15, 0.2) is 0 Å². The van der Waals surface area contributed by atoms with Crippen molar-refractivity contribution in [2.45, 2.75) is 64.8 Å². The molecule has 1 aromatic rings. The van der Waals surface area contributed by atoms with Crippen LogP contribution in [-0.2, 0) is 9.59 Å². The van der Waals surface area contributed by atoms with Crippen LogP contribution in [0.5, 0.6) is 0 Å². The highest BCUT2D eigenvalue weighted by Gasteiger charge is 2.24. The van der Waals surface area contributed by atoms with E-state index in [0.717, 1.165) is 42.9 Å². The minimum atomic E-state index is -0.573. The second-order valence-electron chi connectivity index (χ2n) is 6.80. The van der Waals surface area contributed by atoms with Crippen molar-refractivity contribution in [1.29, 1.82) is 0 Å². The first-order valence-corrected chi connectivity index (χ1v) is 8.72. The molecule has 0 atom stereocenters. The first-order chi connectivity index (χ1) is 11.0. The third kappa shape index (κ3) is 4.81. The molecule has 0 bridgehead atoms. The molecule has 2 rings (SSSR count). The molecule has 2 amide bonds. The smallest absolute Gasteiger partial charge is 0.313 e. The second-order valence-corrected chi connectivity index (χ2v) is 6.80. The first kappa shape index (κ1) is 17.5. The van der Waals surface area contributed by atoms with Crippen LogP contribution < -0.4 is 10.6 Å². The summed E-state index contributed by atoms with van der Waals surface area (Å²) in [5.74, 6) is -0.0343. The molecule has 0 unspecified atom stereocenters. The molecule has 2 N–H and O–H groups in total. The number of anilines is 1. The van der Waals surface area contributed by atoms with Gasteiger partial charge in [0.2, 0.25) is 0 Å². The number of amides is 2. The lowest BCUT2D eigenvalue weighted by Gasteiger charge is -2.28. The zero-order valence-corrected chi connectivity index (χ0v) is 14.4. The summed E-state index contributed by atoms with van der Waals surface area (Å²) in [6.45, 7) is 6.34. The van der Waals surface area contributed by atoms with Crippen LogP contribution >= 0.6 is 0 Å². The van der Waals surface area contributed by atoms with Gasteiger partial charge in [-0.1, -0.05) is 45.4 Å². The van der Waals surface area contributed by atoms with E-state index in [9.17, 15) is 9.59 Å². The molecule has 0 radical (unpaired) electrons. The normalized spacial score (nSPS) is 21.0. The number of hydrogen-bond acceptors (Lipinski definition) is 2. The predicted octanol–water partition coefficient (Wildman–Crippen LogP) is 3.83. The van der Waals surface area contributed by atoms with Gasteiger partial charge < -0.3 is 10.6 Å². The zero-order valence-electron chi connectivity index (χ0n) is 14.4. The summed E-state index contributed by atoms with van der Waals surface area (Å²) >= 11 is 0. The molecule has 1 fully saturated rings. The van der Waals surface area contributed by atoms with E-state index in [2.05, 4.69) is 31.4 Å². The van der Waals surface area contributed by atoms with Crippen molar-refractivity contribution in [1.82, 2.24) is 5.32 Å². The summed E-state index contributed by atoms with van der Waals surface area (Å²) in [6, 6.07) is 7.76. The van der Waals surface area contributed by atoms with Crippen molar-refractivity contribution in [3.63, 3.8) is 0 Å². The molecule has 1 aliphatic rings. The van der Waals surface area contributed by atoms with Gasteiger partial charge in [-0.2, -0.15) is 0 Å². The van der Waals surface area contributed by atoms with Crippen molar-refractivity contribution in [2.24, 2.45) is 5.92 Å². The van der Waals surface area contributed by atoms with Crippen LogP contribution in [0.25, 0.3) is 0 Å². The monoisotopic (exact) mass is 316 g/mol. The Bertz CT molecular complexity index is 546. The van der Waals surface area contributed by atoms with E-state index < -0.39 is 11.8 Å². The van der Waals surface area contributed by atoms with Crippen molar-refractivity contribution >= 4 is 17.5 Å². The molecule has 0 aliphatic heterocycles. The van der Waals surface area contributed by atoms with Gasteiger partial charge >= 0.3 is 11.8 Å². The van der Waals surface area contributed by atoms with Crippen LogP contribution in [-0.4, -0.2) is 17.9 Å². The summed E-state index contributed by atoms with van der Waals surface area (Å²) in [6.07, 6.45) is 5.42. The van der Waals surface area contributed by atoms with Crippen LogP contribution in [0.4, 0.5) is 5.69 Å². The van der Waals surface area contributed by atoms with E-state index in [-0.39, 0.29) is 6.04 Å². The summed E-state index contributed by atoms with van der Waals surface area (Å²) < 4.78 is 0. The van der Waals surface area contributed by atoms with Gasteiger partial charge in [0.1, 0.15) is 0 Å². The fourth-order valence-electron chi connectivity index (χ4n) is 3.26. The Labute approximate surface area is 139 Å². The lowest BCUT2D eigenvalue weighted by Crippen LogP contribution is -2.43. The largest absolute Gasteiger partial charge is 0.345 e. The Morgan fingerprint density at radius 2 is 1.74 bits per heavy atom. The van der Waals surface area contributed by atoms with E-state index in [1.54, 1.807) is 0 Å². The SMILES string of the molecule is CCC1CCC(NC(=O)C(=O)Nc2ccccc2C(C)C)CC1. The number of carbonyl (C=O) groups excluding carboxylic acids is 2. The average Bonchev–Trinajstić information content (AvgIpc) is 2.55. The van der Waals surface area contributed by atoms with Gasteiger partial charge in [0, 0.05) is 11.7 Å². The standard InChI is InChI=1S/C19H28N2O2/c1-4-14-9-11-15(12-10-14)20-18(22)19(23)21-17-8-6-5-7-16(17)13(2)3/h5-8,13-15H,4,9-12H2,1-3H3,(H,20,22)(H,21,23). The number of carbonyl (C=O) groups is 2. The van der Waals surface area contributed by atoms with Crippen LogP contribution in [0.3, 0.4) is 0 Å². The second kappa shape index (κ2) is 8.14. The first-order valence-electron chi connectivity index (χ1n) is 8.72. The Morgan fingerprint density at radius 1 is 1.09 bits per heavy atom. The highest BCUT2D eigenvalue weighted by molar-refractivity contribution is 6.39. The van der Waals surface area contributed by atoms with E-state index in [1.165, 1.54) is 6.42 Å². The van der Waals surface area contributed by atoms with Gasteiger partial charge in [-0.3, -0.25) is 9.59 Å². The summed E-state index contributed by atoms with van der Waals surface area (Å²) in [5.41, 5.74) is 1.76. The highest BCUT2D eigenvalue weighted by atomic mass is 16.2. The maximum absolute atomic E-state index is 12.2. The maximum atomic E-state index is 12.2. The van der Waals surface area contributed by atoms with Gasteiger partial charge in [0.25, 0.3) is 0 Å². The Morgan fingerprint density at radius 3 is 2.35 bits per heavy atom. The van der Waals surface area contributed by atoms with E-state index in [1.807, 2.05) is 24.3 Å². The lowest BCUT2D eigenvalue weighted by atomic mass is 9.84. The molecular formula is C19H28N2O2. The molecule has 1 aromatic carbocycles. The highest BCUT2D eigenvalue weighted by Crippen LogP contribution is 2.26. The van der Waals surface area contributed by atoms with E-state index in [0.29, 0.717) is 5.92 Å². The molecule has 1 saturated carbocycles. The van der Waals surface area contributed by atoms with Gasteiger partial charge in [-0.25, -0.2) is 0 Å². The molecule has 0 aromatic heterocycles. The van der Waals surface area contributed by atoms with E-state index in [4.69, 9.17) is 0 Å². The van der Waals surface area contributed by atoms with Crippen LogP contribution in [0.1, 0.15) is 64.4 Å². The van der Waals surface area contributed by atoms with Gasteiger partial charge in [-0.05, 0) is 49.1 Å². The topological polar surface area (TPSA) is 58.2 Å². The van der Waals surface area contributed by atoms with Crippen molar-refractivity contribution in [3.05, 3.63) is 29.8 Å². The summed E-state index contributed by atoms with van der Waals surface area (Å²) in [7, 11) is 0. The predicted molar refractivity (Wildman–Crippen MR) is 93.3 cm³/mol. The molecule has 0 heterocycles. The minimum Gasteiger partial charge on any atom is -0.345 e. The average molecular weight is 316 g/mol. The van der Waals surface area contributed by atoms with Crippen molar-refractivity contribution in [2.75, 3.05) is 5.32 Å². The number of para-hydroxylation sites is 1. The third-order valence-electron chi connectivity index (χ3n) is 4.80. The molecule has 0 spiro atoms. The molecule has 126 valence electrons. The zero-order chi connectivity index (χ0) is 16.8. The Kier molecular flexibility index (Phi) is 6.20. The molecule has 23 heavy (non-hydrogen) atoms. The van der Waals surface area contributed by atoms with Crippen LogP contribution in [0.2, 0.25) is 0 Å². The number of hydrogen-bond donors (Lipinski definition) is 2. The molecular weight excluding hydrogens is 288 g/mol. The summed E-state index contributed by atoms with van der Waals surface area (Å²) in [4.78, 5) is 24.3. The Balaban J connectivity index is 1.90.